The van der Waals surface area contributed by atoms with Crippen molar-refractivity contribution in [2.24, 2.45) is 0 Å². The maximum Gasteiger partial charge on any atom is 0.306 e. The number of unbranched alkanes of at least 4 members (excludes halogenated alkanes) is 11. The van der Waals surface area contributed by atoms with Gasteiger partial charge in [-0.1, -0.05) is 137 Å². The molecule has 0 aromatic heterocycles. The molecule has 7 N–H and O–H groups in total. The molecule has 15 nitrogen and oxygen atoms in total. The number of carbonyl (C=O) groups is 2. The lowest BCUT2D eigenvalue weighted by atomic mass is 9.98. The van der Waals surface area contributed by atoms with Crippen molar-refractivity contribution >= 4 is 11.9 Å². The number of aliphatic hydroxyl groups excluding tert-OH is 7. The van der Waals surface area contributed by atoms with Crippen molar-refractivity contribution in [3.63, 3.8) is 0 Å². The Bertz CT molecular complexity index is 1540. The van der Waals surface area contributed by atoms with E-state index in [1.54, 1.807) is 0 Å². The third-order valence-corrected chi connectivity index (χ3v) is 11.9. The number of ether oxygens (including phenoxy) is 6. The summed E-state index contributed by atoms with van der Waals surface area (Å²) < 4.78 is 33.5. The van der Waals surface area contributed by atoms with Crippen LogP contribution in [-0.2, 0) is 38.0 Å². The van der Waals surface area contributed by atoms with Crippen molar-refractivity contribution in [1.29, 1.82) is 0 Å². The number of hydrogen-bond acceptors (Lipinski definition) is 15. The van der Waals surface area contributed by atoms with Crippen molar-refractivity contribution in [2.75, 3.05) is 26.4 Å². The van der Waals surface area contributed by atoms with Gasteiger partial charge in [0.05, 0.1) is 19.8 Å². The molecule has 0 aromatic carbocycles. The van der Waals surface area contributed by atoms with Crippen LogP contribution in [0.25, 0.3) is 0 Å². The van der Waals surface area contributed by atoms with Crippen LogP contribution in [0.15, 0.2) is 85.1 Å². The van der Waals surface area contributed by atoms with Crippen LogP contribution in [0.4, 0.5) is 0 Å². The largest absolute Gasteiger partial charge is 0.462 e. The van der Waals surface area contributed by atoms with Crippen molar-refractivity contribution in [3.05, 3.63) is 85.1 Å². The zero-order valence-electron chi connectivity index (χ0n) is 42.2. The summed E-state index contributed by atoms with van der Waals surface area (Å²) in [6, 6.07) is 0. The van der Waals surface area contributed by atoms with Gasteiger partial charge in [-0.15, -0.1) is 0 Å². The Hall–Kier alpha value is -3.32. The minimum Gasteiger partial charge on any atom is -0.462 e. The van der Waals surface area contributed by atoms with Crippen molar-refractivity contribution < 1.29 is 73.8 Å². The van der Waals surface area contributed by atoms with E-state index >= 15 is 0 Å². The fraction of sp³-hybridized carbons (Fsp3) is 0.709. The number of aliphatic hydroxyl groups is 7. The molecular weight excluding hydrogens is 901 g/mol. The first-order chi connectivity index (χ1) is 34.0. The standard InChI is InChI=1S/C55H90O15/c1-3-5-7-9-11-13-15-17-19-20-21-22-24-26-28-30-32-34-36-38-47(58)68-43(40-65-46(57)37-35-33-31-29-27-25-23-18-16-14-12-10-8-6-4-2)41-66-54-53(64)51(62)49(60)45(70-54)42-67-55-52(63)50(61)48(59)44(39-56)69-55/h5,7,11,13,17-19,21-23,26-29,43-45,48-56,59-64H,3-4,6,8-10,12,14-16,20,24-25,30-42H2,1-2H3/b7-5+,13-11+,19-17+,22-21+,23-18+,28-26+,29-27+/t43-,44+,45+,48-,49-,50?,51?,52?,53?,54+,55+/m1/s1. The summed E-state index contributed by atoms with van der Waals surface area (Å²) in [5.74, 6) is -1.01. The first-order valence-corrected chi connectivity index (χ1v) is 26.2. The second-order valence-corrected chi connectivity index (χ2v) is 18.0. The van der Waals surface area contributed by atoms with Gasteiger partial charge < -0.3 is 64.2 Å². The fourth-order valence-electron chi connectivity index (χ4n) is 7.57. The van der Waals surface area contributed by atoms with E-state index in [1.165, 1.54) is 38.5 Å². The Kier molecular flexibility index (Phi) is 36.9. The van der Waals surface area contributed by atoms with Crippen molar-refractivity contribution in [3.8, 4) is 0 Å². The normalized spacial score (nSPS) is 26.1. The van der Waals surface area contributed by atoms with Gasteiger partial charge in [-0.25, -0.2) is 0 Å². The van der Waals surface area contributed by atoms with Crippen LogP contribution in [0.2, 0.25) is 0 Å². The Morgan fingerprint density at radius 1 is 0.471 bits per heavy atom. The quantitative estimate of drug-likeness (QED) is 0.0179. The minimum atomic E-state index is -1.78. The number of rotatable bonds is 39. The monoisotopic (exact) mass is 991 g/mol. The first kappa shape index (κ1) is 62.8. The molecule has 11 atom stereocenters. The van der Waals surface area contributed by atoms with Gasteiger partial charge in [-0.2, -0.15) is 0 Å². The highest BCUT2D eigenvalue weighted by atomic mass is 16.7. The van der Waals surface area contributed by atoms with Crippen LogP contribution in [0.5, 0.6) is 0 Å². The van der Waals surface area contributed by atoms with Crippen LogP contribution < -0.4 is 0 Å². The lowest BCUT2D eigenvalue weighted by Gasteiger charge is -2.42. The van der Waals surface area contributed by atoms with Gasteiger partial charge in [0, 0.05) is 12.8 Å². The van der Waals surface area contributed by atoms with Gasteiger partial charge in [0.15, 0.2) is 18.7 Å². The lowest BCUT2D eigenvalue weighted by molar-refractivity contribution is -0.332. The van der Waals surface area contributed by atoms with E-state index in [0.717, 1.165) is 77.0 Å². The number of carbonyl (C=O) groups excluding carboxylic acids is 2. The average molecular weight is 991 g/mol. The molecule has 2 saturated heterocycles. The van der Waals surface area contributed by atoms with E-state index in [2.05, 4.69) is 98.9 Å². The molecule has 0 radical (unpaired) electrons. The molecule has 2 aliphatic rings. The predicted octanol–water partition coefficient (Wildman–Crippen LogP) is 7.60. The van der Waals surface area contributed by atoms with Gasteiger partial charge in [0.2, 0.25) is 0 Å². The van der Waals surface area contributed by atoms with Crippen LogP contribution in [-0.4, -0.2) is 142 Å². The molecule has 2 fully saturated rings. The summed E-state index contributed by atoms with van der Waals surface area (Å²) in [4.78, 5) is 25.8. The van der Waals surface area contributed by atoms with E-state index in [-0.39, 0.29) is 19.4 Å². The molecule has 15 heteroatoms. The molecule has 2 heterocycles. The van der Waals surface area contributed by atoms with Crippen LogP contribution >= 0.6 is 0 Å². The second kappa shape index (κ2) is 41.2. The summed E-state index contributed by atoms with van der Waals surface area (Å²) in [6.07, 6.45) is 33.2. The van der Waals surface area contributed by atoms with Crippen molar-refractivity contribution in [2.45, 2.75) is 223 Å². The molecule has 0 amide bonds. The number of allylic oxidation sites excluding steroid dienone is 14. The Balaban J connectivity index is 1.84. The highest BCUT2D eigenvalue weighted by Crippen LogP contribution is 2.26. The molecule has 70 heavy (non-hydrogen) atoms. The summed E-state index contributed by atoms with van der Waals surface area (Å²) in [5.41, 5.74) is 0. The third-order valence-electron chi connectivity index (χ3n) is 11.9. The highest BCUT2D eigenvalue weighted by Gasteiger charge is 2.47. The topological polar surface area (TPSA) is 231 Å². The Labute approximate surface area is 418 Å². The van der Waals surface area contributed by atoms with Crippen LogP contribution in [0.1, 0.15) is 155 Å². The fourth-order valence-corrected chi connectivity index (χ4v) is 7.57. The Morgan fingerprint density at radius 2 is 0.900 bits per heavy atom. The Morgan fingerprint density at radius 3 is 1.44 bits per heavy atom. The van der Waals surface area contributed by atoms with Gasteiger partial charge in [0.1, 0.15) is 55.4 Å². The molecular formula is C55H90O15. The smallest absolute Gasteiger partial charge is 0.306 e. The predicted molar refractivity (Wildman–Crippen MR) is 270 cm³/mol. The van der Waals surface area contributed by atoms with Gasteiger partial charge >= 0.3 is 11.9 Å². The van der Waals surface area contributed by atoms with E-state index < -0.39 is 99.3 Å². The van der Waals surface area contributed by atoms with Crippen molar-refractivity contribution in [1.82, 2.24) is 0 Å². The molecule has 2 aliphatic heterocycles. The lowest BCUT2D eigenvalue weighted by Crippen LogP contribution is -2.61. The SMILES string of the molecule is CC/C=C/C/C=C/C/C=C/C/C=C/C/C=C/CCCCCC(=O)O[C@H](COC(=O)CCCC/C=C/C/C=C/CCCCCCCC)CO[C@H]1O[C@@H](CO[C@H]2O[C@@H](CO)[C@@H](O)C(O)C2O)[C@@H](O)C(O)C1O. The summed E-state index contributed by atoms with van der Waals surface area (Å²) in [6.45, 7) is 2.38. The molecule has 0 saturated carbocycles. The highest BCUT2D eigenvalue weighted by molar-refractivity contribution is 5.70. The zero-order valence-corrected chi connectivity index (χ0v) is 42.2. The second-order valence-electron chi connectivity index (χ2n) is 18.0. The summed E-state index contributed by atoms with van der Waals surface area (Å²) in [7, 11) is 0. The minimum absolute atomic E-state index is 0.114. The zero-order chi connectivity index (χ0) is 51.0. The first-order valence-electron chi connectivity index (χ1n) is 26.2. The summed E-state index contributed by atoms with van der Waals surface area (Å²) in [5, 5.41) is 72.1. The van der Waals surface area contributed by atoms with E-state index in [1.807, 2.05) is 0 Å². The van der Waals surface area contributed by atoms with Gasteiger partial charge in [-0.05, 0) is 89.9 Å². The van der Waals surface area contributed by atoms with E-state index in [9.17, 15) is 45.3 Å². The van der Waals surface area contributed by atoms with Crippen LogP contribution in [0.3, 0.4) is 0 Å². The summed E-state index contributed by atoms with van der Waals surface area (Å²) >= 11 is 0. The maximum atomic E-state index is 13.0. The number of hydrogen-bond donors (Lipinski definition) is 7. The molecule has 2 rings (SSSR count). The average Bonchev–Trinajstić information content (AvgIpc) is 3.35. The molecule has 4 unspecified atom stereocenters. The maximum absolute atomic E-state index is 13.0. The molecule has 0 bridgehead atoms. The van der Waals surface area contributed by atoms with E-state index in [0.29, 0.717) is 12.8 Å². The van der Waals surface area contributed by atoms with E-state index in [4.69, 9.17) is 28.4 Å². The van der Waals surface area contributed by atoms with Gasteiger partial charge in [0.25, 0.3) is 0 Å². The molecule has 0 aliphatic carbocycles. The third kappa shape index (κ3) is 28.7. The number of esters is 2. The molecule has 400 valence electrons. The molecule has 0 spiro atoms. The van der Waals surface area contributed by atoms with Gasteiger partial charge in [-0.3, -0.25) is 9.59 Å². The molecule has 0 aromatic rings. The van der Waals surface area contributed by atoms with Crippen LogP contribution in [0, 0.1) is 0 Å².